The van der Waals surface area contributed by atoms with E-state index in [-0.39, 0.29) is 5.91 Å². The molecular weight excluding hydrogens is 406 g/mol. The molecule has 1 fully saturated rings. The summed E-state index contributed by atoms with van der Waals surface area (Å²) in [5.74, 6) is 4.02. The summed E-state index contributed by atoms with van der Waals surface area (Å²) in [4.78, 5) is 30.8. The number of anilines is 1. The summed E-state index contributed by atoms with van der Waals surface area (Å²) in [6.45, 7) is 4.92. The number of thioether (sulfide) groups is 1. The zero-order chi connectivity index (χ0) is 20.1. The van der Waals surface area contributed by atoms with Gasteiger partial charge in [-0.05, 0) is 24.4 Å². The summed E-state index contributed by atoms with van der Waals surface area (Å²) >= 11 is 3.34. The smallest absolute Gasteiger partial charge is 0.236 e. The van der Waals surface area contributed by atoms with E-state index in [1.165, 1.54) is 0 Å². The number of aromatic nitrogens is 3. The second-order valence-corrected chi connectivity index (χ2v) is 8.77. The summed E-state index contributed by atoms with van der Waals surface area (Å²) < 4.78 is 5.77. The number of oxazole rings is 1. The molecular formula is C20H23N5O2S2. The van der Waals surface area contributed by atoms with Crippen LogP contribution in [-0.2, 0) is 10.5 Å². The van der Waals surface area contributed by atoms with Gasteiger partial charge in [-0.2, -0.15) is 11.8 Å². The average Bonchev–Trinajstić information content (AvgIpc) is 3.42. The van der Waals surface area contributed by atoms with Crippen molar-refractivity contribution in [3.63, 3.8) is 0 Å². The quantitative estimate of drug-likeness (QED) is 0.532. The second kappa shape index (κ2) is 9.41. The molecule has 0 atom stereocenters. The van der Waals surface area contributed by atoms with E-state index in [9.17, 15) is 4.79 Å². The summed E-state index contributed by atoms with van der Waals surface area (Å²) in [5, 5.41) is 2.02. The Bertz CT molecular complexity index is 922. The fourth-order valence-electron chi connectivity index (χ4n) is 3.16. The van der Waals surface area contributed by atoms with E-state index in [0.717, 1.165) is 46.9 Å². The molecule has 152 valence electrons. The zero-order valence-electron chi connectivity index (χ0n) is 16.3. The molecule has 0 N–H and O–H groups in total. The maximum absolute atomic E-state index is 12.5. The molecule has 0 aromatic carbocycles. The molecule has 0 radical (unpaired) electrons. The normalized spacial score (nSPS) is 14.4. The summed E-state index contributed by atoms with van der Waals surface area (Å²) in [5.41, 5.74) is 0.960. The number of carbonyl (C=O) groups excluding carboxylic acids is 1. The topological polar surface area (TPSA) is 75.4 Å². The van der Waals surface area contributed by atoms with Crippen LogP contribution >= 0.6 is 23.1 Å². The van der Waals surface area contributed by atoms with Crippen LogP contribution in [0.4, 0.5) is 5.95 Å². The standard InChI is InChI=1S/C20H23N5O2S2/c1-15-16(23-19(27-15)17-4-2-12-29-17)14-28-13-5-18(26)24-8-10-25(11-9-24)20-21-6-3-7-22-20/h2-4,6-7,12H,5,8-11,13-14H2,1H3. The first-order valence-corrected chi connectivity index (χ1v) is 11.6. The van der Waals surface area contributed by atoms with E-state index in [4.69, 9.17) is 4.42 Å². The second-order valence-electron chi connectivity index (χ2n) is 6.72. The van der Waals surface area contributed by atoms with Gasteiger partial charge in [-0.25, -0.2) is 15.0 Å². The van der Waals surface area contributed by atoms with Crippen LogP contribution in [0.3, 0.4) is 0 Å². The highest BCUT2D eigenvalue weighted by atomic mass is 32.2. The molecule has 1 aliphatic heterocycles. The highest BCUT2D eigenvalue weighted by Gasteiger charge is 2.22. The Morgan fingerprint density at radius 1 is 1.21 bits per heavy atom. The molecule has 4 heterocycles. The van der Waals surface area contributed by atoms with Gasteiger partial charge in [0, 0.05) is 56.5 Å². The van der Waals surface area contributed by atoms with Crippen LogP contribution in [0.25, 0.3) is 10.8 Å². The van der Waals surface area contributed by atoms with Crippen molar-refractivity contribution in [2.24, 2.45) is 0 Å². The van der Waals surface area contributed by atoms with Crippen LogP contribution in [0, 0.1) is 6.92 Å². The van der Waals surface area contributed by atoms with Crippen molar-refractivity contribution in [1.29, 1.82) is 0 Å². The van der Waals surface area contributed by atoms with Gasteiger partial charge < -0.3 is 14.2 Å². The molecule has 3 aromatic heterocycles. The van der Waals surface area contributed by atoms with E-state index in [2.05, 4.69) is 19.9 Å². The predicted molar refractivity (Wildman–Crippen MR) is 116 cm³/mol. The number of thiophene rings is 1. The monoisotopic (exact) mass is 429 g/mol. The minimum absolute atomic E-state index is 0.210. The molecule has 9 heteroatoms. The molecule has 1 saturated heterocycles. The molecule has 7 nitrogen and oxygen atoms in total. The summed E-state index contributed by atoms with van der Waals surface area (Å²) in [6, 6.07) is 5.81. The highest BCUT2D eigenvalue weighted by Crippen LogP contribution is 2.27. The third-order valence-corrected chi connectivity index (χ3v) is 6.62. The third-order valence-electron chi connectivity index (χ3n) is 4.79. The van der Waals surface area contributed by atoms with Crippen LogP contribution < -0.4 is 4.90 Å². The van der Waals surface area contributed by atoms with Gasteiger partial charge in [-0.3, -0.25) is 4.79 Å². The Morgan fingerprint density at radius 3 is 2.72 bits per heavy atom. The third kappa shape index (κ3) is 4.97. The fraction of sp³-hybridized carbons (Fsp3) is 0.400. The molecule has 0 aliphatic carbocycles. The van der Waals surface area contributed by atoms with Gasteiger partial charge in [0.05, 0.1) is 10.6 Å². The van der Waals surface area contributed by atoms with E-state index in [1.54, 1.807) is 35.5 Å². The molecule has 0 spiro atoms. The number of hydrogen-bond acceptors (Lipinski definition) is 8. The van der Waals surface area contributed by atoms with Crippen molar-refractivity contribution in [2.45, 2.75) is 19.1 Å². The maximum atomic E-state index is 12.5. The van der Waals surface area contributed by atoms with Crippen molar-refractivity contribution >= 4 is 35.0 Å². The first kappa shape index (κ1) is 19.9. The molecule has 0 saturated carbocycles. The Balaban J connectivity index is 1.19. The number of amides is 1. The number of hydrogen-bond donors (Lipinski definition) is 0. The van der Waals surface area contributed by atoms with Crippen LogP contribution in [0.15, 0.2) is 40.4 Å². The van der Waals surface area contributed by atoms with Crippen molar-refractivity contribution < 1.29 is 9.21 Å². The first-order valence-electron chi connectivity index (χ1n) is 9.58. The van der Waals surface area contributed by atoms with Crippen molar-refractivity contribution in [2.75, 3.05) is 36.8 Å². The number of carbonyl (C=O) groups is 1. The number of nitrogens with zero attached hydrogens (tertiary/aromatic N) is 5. The zero-order valence-corrected chi connectivity index (χ0v) is 17.9. The van der Waals surface area contributed by atoms with Gasteiger partial charge in [0.1, 0.15) is 5.76 Å². The van der Waals surface area contributed by atoms with Crippen LogP contribution in [0.5, 0.6) is 0 Å². The Kier molecular flexibility index (Phi) is 6.46. The lowest BCUT2D eigenvalue weighted by molar-refractivity contribution is -0.131. The van der Waals surface area contributed by atoms with Gasteiger partial charge >= 0.3 is 0 Å². The largest absolute Gasteiger partial charge is 0.440 e. The lowest BCUT2D eigenvalue weighted by Crippen LogP contribution is -2.49. The average molecular weight is 430 g/mol. The lowest BCUT2D eigenvalue weighted by atomic mass is 10.3. The molecule has 3 aromatic rings. The SMILES string of the molecule is Cc1oc(-c2cccs2)nc1CSCCC(=O)N1CCN(c2ncccn2)CC1. The molecule has 0 bridgehead atoms. The number of aryl methyl sites for hydroxylation is 1. The van der Waals surface area contributed by atoms with E-state index in [1.807, 2.05) is 35.4 Å². The Morgan fingerprint density at radius 2 is 2.00 bits per heavy atom. The van der Waals surface area contributed by atoms with Gasteiger partial charge in [0.2, 0.25) is 17.7 Å². The fourth-order valence-corrected chi connectivity index (χ4v) is 4.74. The Hall–Kier alpha value is -2.39. The maximum Gasteiger partial charge on any atom is 0.236 e. The minimum Gasteiger partial charge on any atom is -0.440 e. The van der Waals surface area contributed by atoms with Gasteiger partial charge in [0.15, 0.2) is 0 Å². The number of piperazine rings is 1. The predicted octanol–water partition coefficient (Wildman–Crippen LogP) is 3.47. The van der Waals surface area contributed by atoms with E-state index < -0.39 is 0 Å². The summed E-state index contributed by atoms with van der Waals surface area (Å²) in [6.07, 6.45) is 4.04. The van der Waals surface area contributed by atoms with Gasteiger partial charge in [-0.1, -0.05) is 6.07 Å². The molecule has 1 amide bonds. The van der Waals surface area contributed by atoms with Crippen LogP contribution in [-0.4, -0.2) is 57.7 Å². The molecule has 0 unspecified atom stereocenters. The first-order chi connectivity index (χ1) is 14.2. The molecule has 4 rings (SSSR count). The summed E-state index contributed by atoms with van der Waals surface area (Å²) in [7, 11) is 0. The van der Waals surface area contributed by atoms with Crippen LogP contribution in [0.1, 0.15) is 17.9 Å². The lowest BCUT2D eigenvalue weighted by Gasteiger charge is -2.34. The Labute approximate surface area is 178 Å². The van der Waals surface area contributed by atoms with Crippen LogP contribution in [0.2, 0.25) is 0 Å². The molecule has 1 aliphatic rings. The minimum atomic E-state index is 0.210. The van der Waals surface area contributed by atoms with E-state index >= 15 is 0 Å². The van der Waals surface area contributed by atoms with Gasteiger partial charge in [0.25, 0.3) is 0 Å². The van der Waals surface area contributed by atoms with Crippen molar-refractivity contribution in [1.82, 2.24) is 19.9 Å². The highest BCUT2D eigenvalue weighted by molar-refractivity contribution is 7.98. The van der Waals surface area contributed by atoms with Gasteiger partial charge in [-0.15, -0.1) is 11.3 Å². The van der Waals surface area contributed by atoms with Crippen molar-refractivity contribution in [3.8, 4) is 10.8 Å². The van der Waals surface area contributed by atoms with Crippen molar-refractivity contribution in [3.05, 3.63) is 47.4 Å². The van der Waals surface area contributed by atoms with E-state index in [0.29, 0.717) is 25.4 Å². The molecule has 29 heavy (non-hydrogen) atoms. The number of rotatable bonds is 7.